The Morgan fingerprint density at radius 3 is 2.33 bits per heavy atom. The fraction of sp³-hybridized carbons (Fsp3) is 0.0625. The molecule has 0 unspecified atom stereocenters. The maximum atomic E-state index is 6.15. The van der Waals surface area contributed by atoms with Gasteiger partial charge in [0.05, 0.1) is 18.2 Å². The highest BCUT2D eigenvalue weighted by Crippen LogP contribution is 2.25. The van der Waals surface area contributed by atoms with E-state index in [0.717, 1.165) is 22.5 Å². The van der Waals surface area contributed by atoms with Gasteiger partial charge in [-0.3, -0.25) is 0 Å². The number of hydrogen-bond acceptors (Lipinski definition) is 2. The van der Waals surface area contributed by atoms with Crippen LogP contribution >= 0.6 is 23.2 Å². The van der Waals surface area contributed by atoms with Crippen LogP contribution < -0.4 is 5.32 Å². The number of anilines is 1. The standard InChI is InChI=1S/C16H13Cl2N3/c17-14-2-1-3-15(18)13(14)8-20-12-6-4-11(5-7-12)16-9-19-10-21-16/h1-7,9-10,20H,8H2,(H,19,21). The Morgan fingerprint density at radius 1 is 1.00 bits per heavy atom. The van der Waals surface area contributed by atoms with Gasteiger partial charge >= 0.3 is 0 Å². The molecule has 0 aliphatic rings. The van der Waals surface area contributed by atoms with Gasteiger partial charge in [0.1, 0.15) is 0 Å². The summed E-state index contributed by atoms with van der Waals surface area (Å²) in [7, 11) is 0. The van der Waals surface area contributed by atoms with E-state index in [1.165, 1.54) is 0 Å². The fourth-order valence-corrected chi connectivity index (χ4v) is 2.60. The topological polar surface area (TPSA) is 40.7 Å². The van der Waals surface area contributed by atoms with Gasteiger partial charge in [0.2, 0.25) is 0 Å². The number of benzene rings is 2. The molecule has 0 saturated heterocycles. The lowest BCUT2D eigenvalue weighted by Crippen LogP contribution is -2.00. The number of rotatable bonds is 4. The quantitative estimate of drug-likeness (QED) is 0.711. The molecule has 1 aromatic heterocycles. The van der Waals surface area contributed by atoms with E-state index in [1.54, 1.807) is 12.5 Å². The molecule has 0 bridgehead atoms. The third-order valence-corrected chi connectivity index (χ3v) is 3.93. The summed E-state index contributed by atoms with van der Waals surface area (Å²) in [5.41, 5.74) is 4.00. The Morgan fingerprint density at radius 2 is 1.71 bits per heavy atom. The van der Waals surface area contributed by atoms with E-state index in [-0.39, 0.29) is 0 Å². The highest BCUT2D eigenvalue weighted by Gasteiger charge is 2.05. The number of aromatic amines is 1. The van der Waals surface area contributed by atoms with Crippen molar-refractivity contribution < 1.29 is 0 Å². The minimum atomic E-state index is 0.585. The second-order valence-electron chi connectivity index (χ2n) is 4.60. The summed E-state index contributed by atoms with van der Waals surface area (Å²) in [5.74, 6) is 0. The summed E-state index contributed by atoms with van der Waals surface area (Å²) in [6.45, 7) is 0.585. The molecule has 3 rings (SSSR count). The van der Waals surface area contributed by atoms with Crippen LogP contribution in [0.3, 0.4) is 0 Å². The summed E-state index contributed by atoms with van der Waals surface area (Å²) < 4.78 is 0. The van der Waals surface area contributed by atoms with Crippen molar-refractivity contribution in [2.24, 2.45) is 0 Å². The van der Waals surface area contributed by atoms with Crippen molar-refractivity contribution in [3.8, 4) is 11.3 Å². The summed E-state index contributed by atoms with van der Waals surface area (Å²) in [5, 5.41) is 4.66. The summed E-state index contributed by atoms with van der Waals surface area (Å²) in [6, 6.07) is 13.6. The minimum Gasteiger partial charge on any atom is -0.381 e. The smallest absolute Gasteiger partial charge is 0.0924 e. The van der Waals surface area contributed by atoms with Gasteiger partial charge in [-0.1, -0.05) is 41.4 Å². The molecule has 5 heteroatoms. The molecule has 0 aliphatic carbocycles. The number of nitrogens with zero attached hydrogens (tertiary/aromatic N) is 1. The number of H-pyrrole nitrogens is 1. The predicted molar refractivity (Wildman–Crippen MR) is 87.8 cm³/mol. The molecule has 0 radical (unpaired) electrons. The minimum absolute atomic E-state index is 0.585. The van der Waals surface area contributed by atoms with E-state index in [4.69, 9.17) is 23.2 Å². The van der Waals surface area contributed by atoms with Crippen molar-refractivity contribution in [1.82, 2.24) is 9.97 Å². The molecule has 2 N–H and O–H groups in total. The first-order valence-electron chi connectivity index (χ1n) is 6.49. The number of imidazole rings is 1. The van der Waals surface area contributed by atoms with Gasteiger partial charge < -0.3 is 10.3 Å². The Labute approximate surface area is 132 Å². The van der Waals surface area contributed by atoms with Gasteiger partial charge in [0, 0.05) is 27.8 Å². The van der Waals surface area contributed by atoms with Crippen molar-refractivity contribution in [2.75, 3.05) is 5.32 Å². The Balaban J connectivity index is 1.71. The Hall–Kier alpha value is -1.97. The highest BCUT2D eigenvalue weighted by molar-refractivity contribution is 6.36. The summed E-state index contributed by atoms with van der Waals surface area (Å²) in [6.07, 6.45) is 3.47. The third kappa shape index (κ3) is 3.20. The number of aromatic nitrogens is 2. The average molecular weight is 318 g/mol. The molecule has 106 valence electrons. The van der Waals surface area contributed by atoms with Crippen LogP contribution in [-0.2, 0) is 6.54 Å². The molecule has 0 amide bonds. The molecule has 2 aromatic carbocycles. The van der Waals surface area contributed by atoms with Crippen molar-refractivity contribution in [2.45, 2.75) is 6.54 Å². The van der Waals surface area contributed by atoms with E-state index in [0.29, 0.717) is 16.6 Å². The zero-order valence-electron chi connectivity index (χ0n) is 11.1. The molecule has 0 atom stereocenters. The SMILES string of the molecule is Clc1cccc(Cl)c1CNc1ccc(-c2cnc[nH]2)cc1. The largest absolute Gasteiger partial charge is 0.381 e. The first-order chi connectivity index (χ1) is 10.2. The van der Waals surface area contributed by atoms with Crippen LogP contribution in [0.15, 0.2) is 55.0 Å². The van der Waals surface area contributed by atoms with Crippen molar-refractivity contribution >= 4 is 28.9 Å². The van der Waals surface area contributed by atoms with Crippen LogP contribution in [-0.4, -0.2) is 9.97 Å². The zero-order valence-corrected chi connectivity index (χ0v) is 12.6. The van der Waals surface area contributed by atoms with Gasteiger partial charge in [-0.2, -0.15) is 0 Å². The van der Waals surface area contributed by atoms with E-state index in [2.05, 4.69) is 15.3 Å². The van der Waals surface area contributed by atoms with Crippen LogP contribution in [0.5, 0.6) is 0 Å². The first-order valence-corrected chi connectivity index (χ1v) is 7.25. The maximum Gasteiger partial charge on any atom is 0.0924 e. The monoisotopic (exact) mass is 317 g/mol. The molecule has 21 heavy (non-hydrogen) atoms. The van der Waals surface area contributed by atoms with Crippen molar-refractivity contribution in [3.63, 3.8) is 0 Å². The lowest BCUT2D eigenvalue weighted by atomic mass is 10.1. The van der Waals surface area contributed by atoms with E-state index in [9.17, 15) is 0 Å². The van der Waals surface area contributed by atoms with Crippen molar-refractivity contribution in [1.29, 1.82) is 0 Å². The molecule has 3 nitrogen and oxygen atoms in total. The first kappa shape index (κ1) is 14.0. The van der Waals surface area contributed by atoms with Gasteiger partial charge in [-0.05, 0) is 29.8 Å². The summed E-state index contributed by atoms with van der Waals surface area (Å²) in [4.78, 5) is 7.10. The van der Waals surface area contributed by atoms with Crippen molar-refractivity contribution in [3.05, 3.63) is 70.6 Å². The number of nitrogens with one attached hydrogen (secondary N) is 2. The van der Waals surface area contributed by atoms with Gasteiger partial charge in [-0.15, -0.1) is 0 Å². The molecular weight excluding hydrogens is 305 g/mol. The number of halogens is 2. The molecule has 0 spiro atoms. The normalized spacial score (nSPS) is 10.6. The Kier molecular flexibility index (Phi) is 4.13. The zero-order chi connectivity index (χ0) is 14.7. The second-order valence-corrected chi connectivity index (χ2v) is 5.41. The van der Waals surface area contributed by atoms with Gasteiger partial charge in [-0.25, -0.2) is 4.98 Å². The number of hydrogen-bond donors (Lipinski definition) is 2. The van der Waals surface area contributed by atoms with E-state index in [1.807, 2.05) is 42.5 Å². The highest BCUT2D eigenvalue weighted by atomic mass is 35.5. The van der Waals surface area contributed by atoms with Crippen LogP contribution in [0, 0.1) is 0 Å². The van der Waals surface area contributed by atoms with E-state index < -0.39 is 0 Å². The maximum absolute atomic E-state index is 6.15. The second kappa shape index (κ2) is 6.20. The molecular formula is C16H13Cl2N3. The molecule has 0 aliphatic heterocycles. The summed E-state index contributed by atoms with van der Waals surface area (Å²) >= 11 is 12.3. The lowest BCUT2D eigenvalue weighted by molar-refractivity contribution is 1.15. The lowest BCUT2D eigenvalue weighted by Gasteiger charge is -2.10. The molecule has 0 saturated carbocycles. The molecule has 3 aromatic rings. The fourth-order valence-electron chi connectivity index (χ4n) is 2.07. The predicted octanol–water partition coefficient (Wildman–Crippen LogP) is 5.00. The molecule has 0 fully saturated rings. The Bertz CT molecular complexity index is 702. The molecule has 1 heterocycles. The average Bonchev–Trinajstić information content (AvgIpc) is 3.02. The van der Waals surface area contributed by atoms with Gasteiger partial charge in [0.25, 0.3) is 0 Å². The van der Waals surface area contributed by atoms with Gasteiger partial charge in [0.15, 0.2) is 0 Å². The third-order valence-electron chi connectivity index (χ3n) is 3.23. The van der Waals surface area contributed by atoms with Crippen LogP contribution in [0.25, 0.3) is 11.3 Å². The van der Waals surface area contributed by atoms with E-state index >= 15 is 0 Å². The van der Waals surface area contributed by atoms with Crippen LogP contribution in [0.2, 0.25) is 10.0 Å². The van der Waals surface area contributed by atoms with Crippen LogP contribution in [0.4, 0.5) is 5.69 Å². The van der Waals surface area contributed by atoms with Crippen LogP contribution in [0.1, 0.15) is 5.56 Å².